The Labute approximate surface area is 142 Å². The van der Waals surface area contributed by atoms with Gasteiger partial charge in [0, 0.05) is 16.8 Å². The van der Waals surface area contributed by atoms with E-state index < -0.39 is 0 Å². The van der Waals surface area contributed by atoms with E-state index in [9.17, 15) is 10.4 Å². The molecule has 0 aliphatic carbocycles. The summed E-state index contributed by atoms with van der Waals surface area (Å²) in [6, 6.07) is 9.54. The van der Waals surface area contributed by atoms with E-state index in [4.69, 9.17) is 10.5 Å². The summed E-state index contributed by atoms with van der Waals surface area (Å²) >= 11 is 0. The van der Waals surface area contributed by atoms with E-state index in [0.717, 1.165) is 16.8 Å². The number of aromatic nitrogens is 1. The van der Waals surface area contributed by atoms with Gasteiger partial charge < -0.3 is 15.6 Å². The number of nitrogens with two attached hydrogens (primary N) is 1. The lowest BCUT2D eigenvalue weighted by molar-refractivity contribution is 0.225. The maximum Gasteiger partial charge on any atom is 0.142 e. The van der Waals surface area contributed by atoms with Crippen LogP contribution in [0.4, 0.5) is 5.82 Å². The number of nitriles is 1. The van der Waals surface area contributed by atoms with Crippen molar-refractivity contribution in [3.63, 3.8) is 0 Å². The molecule has 0 aliphatic heterocycles. The molecule has 0 fully saturated rings. The van der Waals surface area contributed by atoms with Crippen LogP contribution in [0.15, 0.2) is 24.3 Å². The van der Waals surface area contributed by atoms with Crippen molar-refractivity contribution in [2.24, 2.45) is 0 Å². The minimum atomic E-state index is -0.143. The van der Waals surface area contributed by atoms with Crippen molar-refractivity contribution < 1.29 is 9.84 Å². The molecule has 1 aromatic heterocycles. The average molecular weight is 325 g/mol. The summed E-state index contributed by atoms with van der Waals surface area (Å²) in [5.74, 6) is 1.06. The van der Waals surface area contributed by atoms with E-state index in [1.165, 1.54) is 0 Å². The second kappa shape index (κ2) is 7.33. The highest BCUT2D eigenvalue weighted by molar-refractivity contribution is 5.76. The third kappa shape index (κ3) is 3.66. The molecule has 1 heterocycles. The summed E-state index contributed by atoms with van der Waals surface area (Å²) in [4.78, 5) is 4.31. The zero-order chi connectivity index (χ0) is 17.9. The van der Waals surface area contributed by atoms with E-state index in [1.807, 2.05) is 52.0 Å². The van der Waals surface area contributed by atoms with Gasteiger partial charge in [-0.05, 0) is 43.5 Å². The number of hydrogen-bond donors (Lipinski definition) is 2. The van der Waals surface area contributed by atoms with Gasteiger partial charge in [0.25, 0.3) is 0 Å². The average Bonchev–Trinajstić information content (AvgIpc) is 2.53. The molecule has 0 unspecified atom stereocenters. The standard InChI is InChI=1S/C19H23N3O2/c1-11(2)17-8-15(16(9-20)19(21)22-17)13-5-6-18(24-12(3)4)14(7-13)10-23/h5-8,11-12,23H,10H2,1-4H3,(H2,21,22). The number of rotatable bonds is 5. The van der Waals surface area contributed by atoms with Crippen molar-refractivity contribution in [1.82, 2.24) is 4.98 Å². The van der Waals surface area contributed by atoms with E-state index >= 15 is 0 Å². The predicted octanol–water partition coefficient (Wildman–Crippen LogP) is 3.61. The SMILES string of the molecule is CC(C)Oc1ccc(-c2cc(C(C)C)nc(N)c2C#N)cc1CO. The molecule has 0 bridgehead atoms. The van der Waals surface area contributed by atoms with Crippen LogP contribution in [0.25, 0.3) is 11.1 Å². The highest BCUT2D eigenvalue weighted by atomic mass is 16.5. The van der Waals surface area contributed by atoms with Gasteiger partial charge in [-0.25, -0.2) is 4.98 Å². The second-order valence-electron chi connectivity index (χ2n) is 6.27. The van der Waals surface area contributed by atoms with Gasteiger partial charge in [-0.15, -0.1) is 0 Å². The molecular formula is C19H23N3O2. The molecule has 1 aromatic carbocycles. The number of benzene rings is 1. The number of aliphatic hydroxyl groups is 1. The Bertz CT molecular complexity index is 777. The molecule has 2 rings (SSSR count). The molecule has 0 spiro atoms. The molecule has 0 atom stereocenters. The Morgan fingerprint density at radius 3 is 2.50 bits per heavy atom. The molecular weight excluding hydrogens is 302 g/mol. The third-order valence-electron chi connectivity index (χ3n) is 3.68. The zero-order valence-corrected chi connectivity index (χ0v) is 14.5. The highest BCUT2D eigenvalue weighted by Gasteiger charge is 2.15. The van der Waals surface area contributed by atoms with Crippen molar-refractivity contribution >= 4 is 5.82 Å². The maximum atomic E-state index is 9.64. The van der Waals surface area contributed by atoms with Gasteiger partial charge in [0.2, 0.25) is 0 Å². The molecule has 0 saturated heterocycles. The monoisotopic (exact) mass is 325 g/mol. The minimum Gasteiger partial charge on any atom is -0.491 e. The fraction of sp³-hybridized carbons (Fsp3) is 0.368. The van der Waals surface area contributed by atoms with Gasteiger partial charge >= 0.3 is 0 Å². The Kier molecular flexibility index (Phi) is 5.42. The fourth-order valence-electron chi connectivity index (χ4n) is 2.47. The second-order valence-corrected chi connectivity index (χ2v) is 6.27. The molecule has 0 saturated carbocycles. The molecule has 126 valence electrons. The predicted molar refractivity (Wildman–Crippen MR) is 94.6 cm³/mol. The van der Waals surface area contributed by atoms with Crippen LogP contribution in [0.5, 0.6) is 5.75 Å². The van der Waals surface area contributed by atoms with Crippen molar-refractivity contribution in [2.45, 2.75) is 46.3 Å². The molecule has 5 heteroatoms. The van der Waals surface area contributed by atoms with Gasteiger partial charge in [-0.1, -0.05) is 19.9 Å². The topological polar surface area (TPSA) is 92.2 Å². The van der Waals surface area contributed by atoms with E-state index in [0.29, 0.717) is 16.9 Å². The Hall–Kier alpha value is -2.58. The molecule has 0 aliphatic rings. The lowest BCUT2D eigenvalue weighted by Crippen LogP contribution is -2.08. The summed E-state index contributed by atoms with van der Waals surface area (Å²) in [5.41, 5.74) is 9.35. The summed E-state index contributed by atoms with van der Waals surface area (Å²) in [7, 11) is 0. The zero-order valence-electron chi connectivity index (χ0n) is 14.5. The first-order chi connectivity index (χ1) is 11.4. The van der Waals surface area contributed by atoms with Crippen LogP contribution < -0.4 is 10.5 Å². The molecule has 24 heavy (non-hydrogen) atoms. The number of pyridine rings is 1. The molecule has 3 N–H and O–H groups in total. The molecule has 0 amide bonds. The van der Waals surface area contributed by atoms with Crippen LogP contribution in [-0.4, -0.2) is 16.2 Å². The first-order valence-electron chi connectivity index (χ1n) is 7.98. The Morgan fingerprint density at radius 1 is 1.25 bits per heavy atom. The normalized spacial score (nSPS) is 10.9. The van der Waals surface area contributed by atoms with Crippen LogP contribution in [-0.2, 0) is 6.61 Å². The summed E-state index contributed by atoms with van der Waals surface area (Å²) in [6.45, 7) is 7.77. The molecule has 5 nitrogen and oxygen atoms in total. The Balaban J connectivity index is 2.61. The van der Waals surface area contributed by atoms with Crippen molar-refractivity contribution in [3.8, 4) is 22.9 Å². The van der Waals surface area contributed by atoms with Gasteiger partial charge in [0.05, 0.1) is 12.7 Å². The number of hydrogen-bond acceptors (Lipinski definition) is 5. The largest absolute Gasteiger partial charge is 0.491 e. The van der Waals surface area contributed by atoms with E-state index in [1.54, 1.807) is 0 Å². The number of nitrogen functional groups attached to an aromatic ring is 1. The highest BCUT2D eigenvalue weighted by Crippen LogP contribution is 2.33. The fourth-order valence-corrected chi connectivity index (χ4v) is 2.47. The van der Waals surface area contributed by atoms with Crippen LogP contribution >= 0.6 is 0 Å². The summed E-state index contributed by atoms with van der Waals surface area (Å²) in [6.07, 6.45) is 0.0138. The number of aliphatic hydroxyl groups excluding tert-OH is 1. The van der Waals surface area contributed by atoms with Crippen LogP contribution in [0.1, 0.15) is 50.4 Å². The van der Waals surface area contributed by atoms with Gasteiger partial charge in [0.1, 0.15) is 23.2 Å². The van der Waals surface area contributed by atoms with Gasteiger partial charge in [0.15, 0.2) is 0 Å². The van der Waals surface area contributed by atoms with Gasteiger partial charge in [-0.3, -0.25) is 0 Å². The summed E-state index contributed by atoms with van der Waals surface area (Å²) in [5, 5.41) is 19.1. The first-order valence-corrected chi connectivity index (χ1v) is 7.98. The third-order valence-corrected chi connectivity index (χ3v) is 3.68. The van der Waals surface area contributed by atoms with E-state index in [-0.39, 0.29) is 24.4 Å². The lowest BCUT2D eigenvalue weighted by Gasteiger charge is -2.16. The van der Waals surface area contributed by atoms with Crippen LogP contribution in [0, 0.1) is 11.3 Å². The maximum absolute atomic E-state index is 9.64. The molecule has 0 radical (unpaired) electrons. The molecule has 2 aromatic rings. The first kappa shape index (κ1) is 17.8. The smallest absolute Gasteiger partial charge is 0.142 e. The minimum absolute atomic E-state index is 0.0138. The summed E-state index contributed by atoms with van der Waals surface area (Å²) < 4.78 is 5.71. The van der Waals surface area contributed by atoms with E-state index in [2.05, 4.69) is 11.1 Å². The number of ether oxygens (including phenoxy) is 1. The number of nitrogens with zero attached hydrogens (tertiary/aromatic N) is 2. The van der Waals surface area contributed by atoms with Gasteiger partial charge in [-0.2, -0.15) is 5.26 Å². The van der Waals surface area contributed by atoms with Crippen molar-refractivity contribution in [2.75, 3.05) is 5.73 Å². The van der Waals surface area contributed by atoms with Crippen molar-refractivity contribution in [1.29, 1.82) is 5.26 Å². The Morgan fingerprint density at radius 2 is 1.96 bits per heavy atom. The van der Waals surface area contributed by atoms with Crippen LogP contribution in [0.2, 0.25) is 0 Å². The van der Waals surface area contributed by atoms with Crippen LogP contribution in [0.3, 0.4) is 0 Å². The quantitative estimate of drug-likeness (QED) is 0.876. The van der Waals surface area contributed by atoms with Crippen molar-refractivity contribution in [3.05, 3.63) is 41.1 Å². The number of anilines is 1. The lowest BCUT2D eigenvalue weighted by atomic mass is 9.96.